The van der Waals surface area contributed by atoms with Crippen molar-refractivity contribution >= 4 is 34.1 Å². The van der Waals surface area contributed by atoms with Crippen LogP contribution in [-0.4, -0.2) is 38.7 Å². The largest absolute Gasteiger partial charge is 0.493 e. The molecule has 8 nitrogen and oxygen atoms in total. The lowest BCUT2D eigenvalue weighted by molar-refractivity contribution is 0.311. The van der Waals surface area contributed by atoms with Crippen molar-refractivity contribution in [3.8, 4) is 22.9 Å². The molecule has 0 amide bonds. The molecule has 28 heavy (non-hydrogen) atoms. The summed E-state index contributed by atoms with van der Waals surface area (Å²) in [5, 5.41) is 16.0. The number of ether oxygens (including phenoxy) is 2. The average Bonchev–Trinajstić information content (AvgIpc) is 3.32. The number of aryl methyl sites for hydroxylation is 1. The van der Waals surface area contributed by atoms with Gasteiger partial charge in [-0.3, -0.25) is 5.10 Å². The van der Waals surface area contributed by atoms with Crippen LogP contribution in [0.2, 0.25) is 5.02 Å². The van der Waals surface area contributed by atoms with Gasteiger partial charge >= 0.3 is 0 Å². The van der Waals surface area contributed by atoms with Gasteiger partial charge in [-0.1, -0.05) is 11.6 Å². The van der Waals surface area contributed by atoms with Crippen molar-refractivity contribution in [3.63, 3.8) is 0 Å². The molecule has 0 saturated heterocycles. The van der Waals surface area contributed by atoms with E-state index in [4.69, 9.17) is 21.1 Å². The van der Waals surface area contributed by atoms with Crippen LogP contribution in [0.3, 0.4) is 0 Å². The highest BCUT2D eigenvalue weighted by Gasteiger charge is 2.15. The number of anilines is 2. The monoisotopic (exact) mass is 398 g/mol. The van der Waals surface area contributed by atoms with E-state index >= 15 is 0 Å². The molecule has 2 aromatic heterocycles. The summed E-state index contributed by atoms with van der Waals surface area (Å²) in [7, 11) is 3.42. The molecule has 0 aliphatic carbocycles. The Bertz CT molecular complexity index is 1140. The summed E-state index contributed by atoms with van der Waals surface area (Å²) >= 11 is 6.49. The van der Waals surface area contributed by atoms with Crippen LogP contribution in [0.4, 0.5) is 11.6 Å². The first kappa shape index (κ1) is 18.1. The number of H-pyrrole nitrogens is 1. The minimum absolute atomic E-state index is 0.562. The maximum atomic E-state index is 6.49. The van der Waals surface area contributed by atoms with Crippen molar-refractivity contribution < 1.29 is 9.47 Å². The number of aromatic amines is 1. The Labute approximate surface area is 166 Å². The standard InChI is InChI=1S/C19H19ClN6O2/c1-4-28-15-8-5-11(9-16(15)27-3)18-23-19(26(2)25-18)22-14-7-6-13-12(17(14)20)10-21-24-13/h5-10H,4H2,1-3H3,(H,21,24)(H,22,23,25). The first-order chi connectivity index (χ1) is 13.6. The van der Waals surface area contributed by atoms with Gasteiger partial charge in [-0.2, -0.15) is 10.1 Å². The molecule has 0 fully saturated rings. The minimum atomic E-state index is 0.562. The van der Waals surface area contributed by atoms with E-state index in [0.29, 0.717) is 34.9 Å². The smallest absolute Gasteiger partial charge is 0.225 e. The van der Waals surface area contributed by atoms with Crippen LogP contribution < -0.4 is 14.8 Å². The molecule has 4 aromatic rings. The van der Waals surface area contributed by atoms with Gasteiger partial charge < -0.3 is 14.8 Å². The van der Waals surface area contributed by atoms with Crippen molar-refractivity contribution in [1.29, 1.82) is 0 Å². The van der Waals surface area contributed by atoms with Crippen molar-refractivity contribution in [3.05, 3.63) is 41.6 Å². The quantitative estimate of drug-likeness (QED) is 0.506. The SMILES string of the molecule is CCOc1ccc(-c2nc(Nc3ccc4[nH]ncc4c3Cl)n(C)n2)cc1OC. The Morgan fingerprint density at radius 1 is 1.21 bits per heavy atom. The molecule has 0 aliphatic rings. The lowest BCUT2D eigenvalue weighted by atomic mass is 10.2. The van der Waals surface area contributed by atoms with Crippen LogP contribution >= 0.6 is 11.6 Å². The van der Waals surface area contributed by atoms with E-state index in [0.717, 1.165) is 22.2 Å². The fraction of sp³-hybridized carbons (Fsp3) is 0.211. The molecule has 0 saturated carbocycles. The van der Waals surface area contributed by atoms with Gasteiger partial charge in [0, 0.05) is 18.0 Å². The summed E-state index contributed by atoms with van der Waals surface area (Å²) in [6.07, 6.45) is 1.69. The third-order valence-corrected chi connectivity index (χ3v) is 4.70. The lowest BCUT2D eigenvalue weighted by Gasteiger charge is -2.09. The van der Waals surface area contributed by atoms with E-state index in [1.807, 2.05) is 44.3 Å². The molecule has 0 aliphatic heterocycles. The van der Waals surface area contributed by atoms with Crippen LogP contribution in [0.25, 0.3) is 22.3 Å². The second-order valence-corrected chi connectivity index (χ2v) is 6.44. The van der Waals surface area contributed by atoms with Crippen molar-refractivity contribution in [2.24, 2.45) is 7.05 Å². The molecular formula is C19H19ClN6O2. The molecule has 2 heterocycles. The molecule has 2 N–H and O–H groups in total. The van der Waals surface area contributed by atoms with Gasteiger partial charge in [-0.25, -0.2) is 4.68 Å². The van der Waals surface area contributed by atoms with Crippen LogP contribution in [0, 0.1) is 0 Å². The molecule has 0 unspecified atom stereocenters. The Morgan fingerprint density at radius 2 is 2.07 bits per heavy atom. The Hall–Kier alpha value is -3.26. The highest BCUT2D eigenvalue weighted by Crippen LogP contribution is 2.34. The fourth-order valence-electron chi connectivity index (χ4n) is 2.90. The van der Waals surface area contributed by atoms with Gasteiger partial charge in [-0.15, -0.1) is 5.10 Å². The maximum Gasteiger partial charge on any atom is 0.225 e. The first-order valence-electron chi connectivity index (χ1n) is 8.71. The van der Waals surface area contributed by atoms with Gasteiger partial charge in [0.25, 0.3) is 0 Å². The number of halogens is 1. The third kappa shape index (κ3) is 3.22. The van der Waals surface area contributed by atoms with Crippen molar-refractivity contribution in [2.75, 3.05) is 19.0 Å². The zero-order valence-corrected chi connectivity index (χ0v) is 16.4. The fourth-order valence-corrected chi connectivity index (χ4v) is 3.16. The molecule has 144 valence electrons. The number of methoxy groups -OCH3 is 1. The van der Waals surface area contributed by atoms with Gasteiger partial charge in [0.2, 0.25) is 5.95 Å². The summed E-state index contributed by atoms with van der Waals surface area (Å²) < 4.78 is 12.6. The topological polar surface area (TPSA) is 89.9 Å². The first-order valence-corrected chi connectivity index (χ1v) is 9.09. The van der Waals surface area contributed by atoms with Crippen LogP contribution in [0.15, 0.2) is 36.5 Å². The van der Waals surface area contributed by atoms with E-state index < -0.39 is 0 Å². The number of hydrogen-bond acceptors (Lipinski definition) is 6. The van der Waals surface area contributed by atoms with Crippen molar-refractivity contribution in [1.82, 2.24) is 25.0 Å². The second-order valence-electron chi connectivity index (χ2n) is 6.06. The van der Waals surface area contributed by atoms with Crippen LogP contribution in [0.5, 0.6) is 11.5 Å². The highest BCUT2D eigenvalue weighted by molar-refractivity contribution is 6.38. The third-order valence-electron chi connectivity index (χ3n) is 4.29. The number of hydrogen-bond donors (Lipinski definition) is 2. The summed E-state index contributed by atoms with van der Waals surface area (Å²) in [4.78, 5) is 4.60. The minimum Gasteiger partial charge on any atom is -0.493 e. The number of rotatable bonds is 6. The second kappa shape index (κ2) is 7.40. The number of nitrogens with zero attached hydrogens (tertiary/aromatic N) is 4. The van der Waals surface area contributed by atoms with Gasteiger partial charge in [0.15, 0.2) is 17.3 Å². The summed E-state index contributed by atoms with van der Waals surface area (Å²) in [6.45, 7) is 2.49. The van der Waals surface area contributed by atoms with E-state index in [-0.39, 0.29) is 0 Å². The molecule has 0 bridgehead atoms. The Balaban J connectivity index is 1.66. The predicted molar refractivity (Wildman–Crippen MR) is 109 cm³/mol. The highest BCUT2D eigenvalue weighted by atomic mass is 35.5. The Kier molecular flexibility index (Phi) is 4.79. The number of aromatic nitrogens is 5. The van der Waals surface area contributed by atoms with Crippen LogP contribution in [-0.2, 0) is 7.05 Å². The van der Waals surface area contributed by atoms with E-state index in [1.54, 1.807) is 18.0 Å². The average molecular weight is 399 g/mol. The van der Waals surface area contributed by atoms with Gasteiger partial charge in [-0.05, 0) is 37.3 Å². The molecule has 9 heteroatoms. The van der Waals surface area contributed by atoms with E-state index in [9.17, 15) is 0 Å². The molecular weight excluding hydrogens is 380 g/mol. The molecule has 2 aromatic carbocycles. The molecule has 4 rings (SSSR count). The summed E-state index contributed by atoms with van der Waals surface area (Å²) in [5.41, 5.74) is 2.41. The predicted octanol–water partition coefficient (Wildman–Crippen LogP) is 4.16. The zero-order chi connectivity index (χ0) is 19.7. The number of nitrogens with one attached hydrogen (secondary N) is 2. The Morgan fingerprint density at radius 3 is 2.86 bits per heavy atom. The van der Waals surface area contributed by atoms with E-state index in [2.05, 4.69) is 25.6 Å². The number of fused-ring (bicyclic) bond motifs is 1. The van der Waals surface area contributed by atoms with Crippen molar-refractivity contribution in [2.45, 2.75) is 6.92 Å². The van der Waals surface area contributed by atoms with E-state index in [1.165, 1.54) is 0 Å². The summed E-state index contributed by atoms with van der Waals surface area (Å²) in [6, 6.07) is 9.39. The van der Waals surface area contributed by atoms with Gasteiger partial charge in [0.05, 0.1) is 36.1 Å². The zero-order valence-electron chi connectivity index (χ0n) is 15.7. The normalized spacial score (nSPS) is 11.0. The molecule has 0 radical (unpaired) electrons. The van der Waals surface area contributed by atoms with Crippen LogP contribution in [0.1, 0.15) is 6.92 Å². The lowest BCUT2D eigenvalue weighted by Crippen LogP contribution is -2.00. The molecule has 0 atom stereocenters. The maximum absolute atomic E-state index is 6.49. The molecule has 0 spiro atoms. The number of benzene rings is 2. The van der Waals surface area contributed by atoms with Gasteiger partial charge in [0.1, 0.15) is 0 Å². The summed E-state index contributed by atoms with van der Waals surface area (Å²) in [5.74, 6) is 2.44.